The van der Waals surface area contributed by atoms with Crippen molar-refractivity contribution < 1.29 is 23.5 Å². The minimum Gasteiger partial charge on any atom is -0.479 e. The van der Waals surface area contributed by atoms with E-state index in [2.05, 4.69) is 4.98 Å². The highest BCUT2D eigenvalue weighted by atomic mass is 19.1. The number of fused-ring (bicyclic) bond motifs is 1. The van der Waals surface area contributed by atoms with Gasteiger partial charge in [-0.2, -0.15) is 4.39 Å². The number of ether oxygens (including phenoxy) is 1. The van der Waals surface area contributed by atoms with E-state index in [-0.39, 0.29) is 24.3 Å². The molecule has 156 valence electrons. The molecule has 1 aromatic carbocycles. The SMILES string of the molecule is CN(C)C(=O)CN1Cc2ccc(N3CC[C@@H](Oc4ccc(F)nc4)C3=O)cc2C1=O. The Morgan fingerprint density at radius 2 is 2.07 bits per heavy atom. The van der Waals surface area contributed by atoms with Crippen molar-refractivity contribution in [2.45, 2.75) is 19.1 Å². The van der Waals surface area contributed by atoms with Crippen molar-refractivity contribution >= 4 is 23.4 Å². The number of anilines is 1. The van der Waals surface area contributed by atoms with Crippen LogP contribution in [0.3, 0.4) is 0 Å². The Morgan fingerprint density at radius 1 is 1.27 bits per heavy atom. The van der Waals surface area contributed by atoms with Crippen LogP contribution in [0.15, 0.2) is 36.5 Å². The quantitative estimate of drug-likeness (QED) is 0.695. The Labute approximate surface area is 172 Å². The van der Waals surface area contributed by atoms with Gasteiger partial charge in [0.25, 0.3) is 11.8 Å². The number of hydrogen-bond donors (Lipinski definition) is 0. The smallest absolute Gasteiger partial charge is 0.268 e. The number of carbonyl (C=O) groups excluding carboxylic acids is 3. The Balaban J connectivity index is 1.47. The van der Waals surface area contributed by atoms with Crippen molar-refractivity contribution in [2.75, 3.05) is 32.1 Å². The summed E-state index contributed by atoms with van der Waals surface area (Å²) in [6.07, 6.45) is 1.00. The van der Waals surface area contributed by atoms with Crippen LogP contribution in [0.2, 0.25) is 0 Å². The fourth-order valence-corrected chi connectivity index (χ4v) is 3.57. The maximum atomic E-state index is 12.9. The number of nitrogens with zero attached hydrogens (tertiary/aromatic N) is 4. The van der Waals surface area contributed by atoms with Gasteiger partial charge < -0.3 is 19.4 Å². The standard InChI is InChI=1S/C21H21FN4O4/c1-24(2)19(27)12-25-11-13-3-4-14(9-16(13)20(25)28)26-8-7-17(21(26)29)30-15-5-6-18(22)23-10-15/h3-6,9-10,17H,7-8,11-12H2,1-2H3/t17-/m1/s1. The van der Waals surface area contributed by atoms with E-state index in [1.807, 2.05) is 6.07 Å². The van der Waals surface area contributed by atoms with Crippen molar-refractivity contribution in [1.82, 2.24) is 14.8 Å². The number of halogens is 1. The third-order valence-corrected chi connectivity index (χ3v) is 5.24. The van der Waals surface area contributed by atoms with Crippen molar-refractivity contribution in [3.05, 3.63) is 53.6 Å². The maximum absolute atomic E-state index is 12.9. The number of aromatic nitrogens is 1. The largest absolute Gasteiger partial charge is 0.479 e. The second kappa shape index (κ2) is 7.74. The minimum absolute atomic E-state index is 0.0140. The van der Waals surface area contributed by atoms with Crippen LogP contribution in [0.5, 0.6) is 5.75 Å². The Hall–Kier alpha value is -3.49. The summed E-state index contributed by atoms with van der Waals surface area (Å²) in [5.41, 5.74) is 1.93. The topological polar surface area (TPSA) is 83.1 Å². The molecule has 30 heavy (non-hydrogen) atoms. The number of carbonyl (C=O) groups is 3. The number of likely N-dealkylation sites (N-methyl/N-ethyl adjacent to an activating group) is 1. The molecule has 0 unspecified atom stereocenters. The number of amides is 3. The van der Waals surface area contributed by atoms with E-state index < -0.39 is 12.1 Å². The van der Waals surface area contributed by atoms with E-state index in [1.165, 1.54) is 28.1 Å². The third-order valence-electron chi connectivity index (χ3n) is 5.24. The second-order valence-corrected chi connectivity index (χ2v) is 7.49. The van der Waals surface area contributed by atoms with Crippen LogP contribution in [-0.4, -0.2) is 65.8 Å². The summed E-state index contributed by atoms with van der Waals surface area (Å²) in [5.74, 6) is -0.905. The van der Waals surface area contributed by atoms with Gasteiger partial charge in [-0.25, -0.2) is 4.98 Å². The Kier molecular flexibility index (Phi) is 5.11. The van der Waals surface area contributed by atoms with Crippen LogP contribution >= 0.6 is 0 Å². The van der Waals surface area contributed by atoms with E-state index in [0.29, 0.717) is 36.5 Å². The third kappa shape index (κ3) is 3.70. The van der Waals surface area contributed by atoms with Crippen LogP contribution < -0.4 is 9.64 Å². The molecule has 3 amide bonds. The maximum Gasteiger partial charge on any atom is 0.268 e. The first-order chi connectivity index (χ1) is 14.3. The van der Waals surface area contributed by atoms with Crippen LogP contribution in [0.1, 0.15) is 22.3 Å². The molecule has 1 saturated heterocycles. The predicted octanol–water partition coefficient (Wildman–Crippen LogP) is 1.45. The van der Waals surface area contributed by atoms with Gasteiger partial charge in [0.1, 0.15) is 12.3 Å². The molecular formula is C21H21FN4O4. The first-order valence-electron chi connectivity index (χ1n) is 9.55. The summed E-state index contributed by atoms with van der Waals surface area (Å²) in [7, 11) is 3.29. The summed E-state index contributed by atoms with van der Waals surface area (Å²) in [6, 6.07) is 7.90. The Bertz CT molecular complexity index is 1010. The van der Waals surface area contributed by atoms with E-state index in [4.69, 9.17) is 4.74 Å². The van der Waals surface area contributed by atoms with Crippen LogP contribution in [0.25, 0.3) is 0 Å². The lowest BCUT2D eigenvalue weighted by atomic mass is 10.1. The van der Waals surface area contributed by atoms with Gasteiger partial charge in [-0.3, -0.25) is 14.4 Å². The summed E-state index contributed by atoms with van der Waals surface area (Å²) >= 11 is 0. The minimum atomic E-state index is -0.699. The van der Waals surface area contributed by atoms with Crippen molar-refractivity contribution in [3.8, 4) is 5.75 Å². The van der Waals surface area contributed by atoms with Gasteiger partial charge in [-0.05, 0) is 29.8 Å². The molecular weight excluding hydrogens is 391 g/mol. The van der Waals surface area contributed by atoms with Gasteiger partial charge in [0.05, 0.1) is 6.20 Å². The van der Waals surface area contributed by atoms with E-state index >= 15 is 0 Å². The molecule has 0 aliphatic carbocycles. The molecule has 0 radical (unpaired) electrons. The van der Waals surface area contributed by atoms with Crippen molar-refractivity contribution in [1.29, 1.82) is 0 Å². The van der Waals surface area contributed by atoms with Gasteiger partial charge in [-0.15, -0.1) is 0 Å². The number of hydrogen-bond acceptors (Lipinski definition) is 5. The second-order valence-electron chi connectivity index (χ2n) is 7.49. The lowest BCUT2D eigenvalue weighted by Gasteiger charge is -2.18. The van der Waals surface area contributed by atoms with Crippen LogP contribution in [0.4, 0.5) is 10.1 Å². The molecule has 9 heteroatoms. The molecule has 4 rings (SSSR count). The van der Waals surface area contributed by atoms with Crippen LogP contribution in [-0.2, 0) is 16.1 Å². The summed E-state index contributed by atoms with van der Waals surface area (Å²) in [5, 5.41) is 0. The first-order valence-corrected chi connectivity index (χ1v) is 9.55. The summed E-state index contributed by atoms with van der Waals surface area (Å²) in [6.45, 7) is 0.819. The predicted molar refractivity (Wildman–Crippen MR) is 105 cm³/mol. The summed E-state index contributed by atoms with van der Waals surface area (Å²) in [4.78, 5) is 45.5. The highest BCUT2D eigenvalue weighted by Gasteiger charge is 2.36. The van der Waals surface area contributed by atoms with Gasteiger partial charge >= 0.3 is 0 Å². The zero-order chi connectivity index (χ0) is 21.4. The van der Waals surface area contributed by atoms with E-state index in [9.17, 15) is 18.8 Å². The molecule has 0 N–H and O–H groups in total. The average Bonchev–Trinajstić information content (AvgIpc) is 3.23. The monoisotopic (exact) mass is 412 g/mol. The lowest BCUT2D eigenvalue weighted by molar-refractivity contribution is -0.129. The number of rotatable bonds is 5. The van der Waals surface area contributed by atoms with Crippen molar-refractivity contribution in [2.24, 2.45) is 0 Å². The molecule has 2 aliphatic rings. The number of pyridine rings is 1. The van der Waals surface area contributed by atoms with Gasteiger partial charge in [0.15, 0.2) is 6.10 Å². The number of benzene rings is 1. The molecule has 3 heterocycles. The Morgan fingerprint density at radius 3 is 2.77 bits per heavy atom. The van der Waals surface area contributed by atoms with Crippen LogP contribution in [0, 0.1) is 5.95 Å². The molecule has 1 atom stereocenters. The molecule has 1 aromatic heterocycles. The molecule has 0 saturated carbocycles. The van der Waals surface area contributed by atoms with E-state index in [1.54, 1.807) is 31.1 Å². The van der Waals surface area contributed by atoms with Gasteiger partial charge in [0.2, 0.25) is 11.9 Å². The first kappa shape index (κ1) is 19.8. The molecule has 1 fully saturated rings. The molecule has 8 nitrogen and oxygen atoms in total. The highest BCUT2D eigenvalue weighted by Crippen LogP contribution is 2.30. The van der Waals surface area contributed by atoms with Crippen molar-refractivity contribution in [3.63, 3.8) is 0 Å². The zero-order valence-corrected chi connectivity index (χ0v) is 16.7. The van der Waals surface area contributed by atoms with Gasteiger partial charge in [-0.1, -0.05) is 6.07 Å². The van der Waals surface area contributed by atoms with Gasteiger partial charge in [0, 0.05) is 44.9 Å². The molecule has 2 aromatic rings. The zero-order valence-electron chi connectivity index (χ0n) is 16.7. The fraction of sp³-hybridized carbons (Fsp3) is 0.333. The molecule has 0 spiro atoms. The molecule has 0 bridgehead atoms. The summed E-state index contributed by atoms with van der Waals surface area (Å²) < 4.78 is 18.6. The normalized spacial score (nSPS) is 18.0. The fourth-order valence-electron chi connectivity index (χ4n) is 3.57. The average molecular weight is 412 g/mol. The molecule has 2 aliphatic heterocycles. The highest BCUT2D eigenvalue weighted by molar-refractivity contribution is 6.03. The lowest BCUT2D eigenvalue weighted by Crippen LogP contribution is -2.36. The van der Waals surface area contributed by atoms with E-state index in [0.717, 1.165) is 5.56 Å².